The zero-order valence-electron chi connectivity index (χ0n) is 13.9. The Balaban J connectivity index is 0.00000208. The average molecular weight is 352 g/mol. The quantitative estimate of drug-likeness (QED) is 0.856. The second-order valence-corrected chi connectivity index (χ2v) is 6.72. The van der Waals surface area contributed by atoms with Crippen LogP contribution in [0, 0.1) is 5.92 Å². The number of carbonyl (C=O) groups is 2. The van der Waals surface area contributed by atoms with E-state index < -0.39 is 0 Å². The molecule has 2 fully saturated rings. The van der Waals surface area contributed by atoms with Gasteiger partial charge in [-0.3, -0.25) is 9.59 Å². The van der Waals surface area contributed by atoms with E-state index in [0.29, 0.717) is 25.3 Å². The van der Waals surface area contributed by atoms with Gasteiger partial charge in [-0.05, 0) is 42.9 Å². The minimum atomic E-state index is 0. The van der Waals surface area contributed by atoms with Crippen molar-refractivity contribution in [2.24, 2.45) is 11.7 Å². The van der Waals surface area contributed by atoms with Crippen molar-refractivity contribution in [3.05, 3.63) is 29.8 Å². The van der Waals surface area contributed by atoms with Gasteiger partial charge < -0.3 is 16.0 Å². The van der Waals surface area contributed by atoms with Crippen molar-refractivity contribution in [3.8, 4) is 0 Å². The monoisotopic (exact) mass is 351 g/mol. The van der Waals surface area contributed by atoms with Crippen molar-refractivity contribution in [1.29, 1.82) is 0 Å². The van der Waals surface area contributed by atoms with Crippen molar-refractivity contribution >= 4 is 29.9 Å². The molecule has 1 aromatic rings. The number of likely N-dealkylation sites (tertiary alicyclic amines) is 1. The molecule has 132 valence electrons. The maximum atomic E-state index is 12.1. The largest absolute Gasteiger partial charge is 0.338 e. The molecule has 1 aliphatic carbocycles. The zero-order valence-corrected chi connectivity index (χ0v) is 14.7. The van der Waals surface area contributed by atoms with E-state index in [9.17, 15) is 9.59 Å². The molecule has 6 heteroatoms. The normalized spacial score (nSPS) is 23.2. The van der Waals surface area contributed by atoms with Crippen LogP contribution in [-0.2, 0) is 16.1 Å². The summed E-state index contributed by atoms with van der Waals surface area (Å²) < 4.78 is 0. The number of carbonyl (C=O) groups excluding carboxylic acids is 2. The van der Waals surface area contributed by atoms with E-state index in [1.165, 1.54) is 0 Å². The lowest BCUT2D eigenvalue weighted by Crippen LogP contribution is -2.28. The number of anilines is 1. The number of amides is 2. The summed E-state index contributed by atoms with van der Waals surface area (Å²) >= 11 is 0. The average Bonchev–Trinajstić information content (AvgIpc) is 3.11. The van der Waals surface area contributed by atoms with Gasteiger partial charge in [0.25, 0.3) is 0 Å². The predicted octanol–water partition coefficient (Wildman–Crippen LogP) is 2.69. The van der Waals surface area contributed by atoms with Gasteiger partial charge in [-0.25, -0.2) is 0 Å². The van der Waals surface area contributed by atoms with Gasteiger partial charge in [0.1, 0.15) is 0 Å². The van der Waals surface area contributed by atoms with E-state index in [1.807, 2.05) is 29.2 Å². The number of rotatable bonds is 5. The van der Waals surface area contributed by atoms with Crippen LogP contribution >= 0.6 is 12.4 Å². The van der Waals surface area contributed by atoms with Crippen molar-refractivity contribution in [3.63, 3.8) is 0 Å². The molecule has 1 heterocycles. The highest BCUT2D eigenvalue weighted by Gasteiger charge is 2.26. The minimum Gasteiger partial charge on any atom is -0.338 e. The van der Waals surface area contributed by atoms with Crippen LogP contribution in [0.2, 0.25) is 0 Å². The van der Waals surface area contributed by atoms with Gasteiger partial charge >= 0.3 is 0 Å². The van der Waals surface area contributed by atoms with E-state index in [1.54, 1.807) is 0 Å². The minimum absolute atomic E-state index is 0. The standard InChI is InChI=1S/C18H25N3O2.ClH/c19-16-4-1-3-14(16)11-17(22)20-15-8-6-13(7-9-15)12-21-10-2-5-18(21)23;/h6-9,14,16H,1-5,10-12,19H2,(H,20,22);1H/t14-,16+;/m0./s1. The molecular weight excluding hydrogens is 326 g/mol. The summed E-state index contributed by atoms with van der Waals surface area (Å²) in [5.41, 5.74) is 7.91. The van der Waals surface area contributed by atoms with Crippen molar-refractivity contribution in [2.75, 3.05) is 11.9 Å². The third-order valence-electron chi connectivity index (χ3n) is 4.95. The van der Waals surface area contributed by atoms with Crippen LogP contribution in [0.15, 0.2) is 24.3 Å². The van der Waals surface area contributed by atoms with Gasteiger partial charge in [-0.1, -0.05) is 18.6 Å². The van der Waals surface area contributed by atoms with Crippen LogP contribution in [-0.4, -0.2) is 29.3 Å². The lowest BCUT2D eigenvalue weighted by Gasteiger charge is -2.16. The Hall–Kier alpha value is -1.59. The Labute approximate surface area is 149 Å². The lowest BCUT2D eigenvalue weighted by molar-refractivity contribution is -0.128. The first-order valence-electron chi connectivity index (χ1n) is 8.54. The Morgan fingerprint density at radius 2 is 1.96 bits per heavy atom. The molecule has 0 unspecified atom stereocenters. The molecule has 2 atom stereocenters. The Morgan fingerprint density at radius 3 is 2.54 bits per heavy atom. The van der Waals surface area contributed by atoms with Crippen LogP contribution in [0.4, 0.5) is 5.69 Å². The van der Waals surface area contributed by atoms with Gasteiger partial charge in [0.05, 0.1) is 0 Å². The molecule has 0 spiro atoms. The molecule has 5 nitrogen and oxygen atoms in total. The fourth-order valence-corrected chi connectivity index (χ4v) is 3.55. The fourth-order valence-electron chi connectivity index (χ4n) is 3.55. The van der Waals surface area contributed by atoms with Crippen LogP contribution in [0.5, 0.6) is 0 Å². The van der Waals surface area contributed by atoms with Gasteiger partial charge in [-0.15, -0.1) is 12.4 Å². The molecule has 3 rings (SSSR count). The Kier molecular flexibility index (Phi) is 6.63. The molecule has 0 aromatic heterocycles. The molecule has 1 aromatic carbocycles. The second-order valence-electron chi connectivity index (χ2n) is 6.72. The third-order valence-corrected chi connectivity index (χ3v) is 4.95. The first-order chi connectivity index (χ1) is 11.1. The predicted molar refractivity (Wildman–Crippen MR) is 96.9 cm³/mol. The molecule has 2 aliphatic rings. The molecule has 1 aliphatic heterocycles. The molecule has 3 N–H and O–H groups in total. The van der Waals surface area contributed by atoms with Crippen LogP contribution in [0.25, 0.3) is 0 Å². The molecule has 0 bridgehead atoms. The first kappa shape index (κ1) is 18.7. The summed E-state index contributed by atoms with van der Waals surface area (Å²) in [6, 6.07) is 7.93. The summed E-state index contributed by atoms with van der Waals surface area (Å²) in [5, 5.41) is 2.94. The van der Waals surface area contributed by atoms with E-state index in [0.717, 1.165) is 43.5 Å². The number of nitrogens with two attached hydrogens (primary N) is 1. The molecular formula is C18H26ClN3O2. The molecule has 24 heavy (non-hydrogen) atoms. The highest BCUT2D eigenvalue weighted by atomic mass is 35.5. The summed E-state index contributed by atoms with van der Waals surface area (Å²) in [4.78, 5) is 25.6. The summed E-state index contributed by atoms with van der Waals surface area (Å²) in [7, 11) is 0. The molecule has 1 saturated carbocycles. The van der Waals surface area contributed by atoms with E-state index >= 15 is 0 Å². The number of benzene rings is 1. The van der Waals surface area contributed by atoms with Gasteiger partial charge in [0.15, 0.2) is 0 Å². The summed E-state index contributed by atoms with van der Waals surface area (Å²) in [6.07, 6.45) is 5.33. The van der Waals surface area contributed by atoms with Crippen LogP contribution in [0.3, 0.4) is 0 Å². The highest BCUT2D eigenvalue weighted by Crippen LogP contribution is 2.27. The molecule has 0 radical (unpaired) electrons. The lowest BCUT2D eigenvalue weighted by atomic mass is 10.00. The Bertz CT molecular complexity index is 576. The first-order valence-corrected chi connectivity index (χ1v) is 8.54. The maximum absolute atomic E-state index is 12.1. The number of nitrogens with zero attached hydrogens (tertiary/aromatic N) is 1. The number of nitrogens with one attached hydrogen (secondary N) is 1. The van der Waals surface area contributed by atoms with Crippen molar-refractivity contribution in [1.82, 2.24) is 4.90 Å². The van der Waals surface area contributed by atoms with E-state index in [2.05, 4.69) is 5.32 Å². The van der Waals surface area contributed by atoms with Crippen molar-refractivity contribution < 1.29 is 9.59 Å². The highest BCUT2D eigenvalue weighted by molar-refractivity contribution is 5.90. The van der Waals surface area contributed by atoms with Crippen molar-refractivity contribution in [2.45, 2.75) is 51.1 Å². The molecule has 2 amide bonds. The van der Waals surface area contributed by atoms with Crippen LogP contribution in [0.1, 0.15) is 44.1 Å². The third kappa shape index (κ3) is 4.71. The van der Waals surface area contributed by atoms with E-state index in [4.69, 9.17) is 5.73 Å². The topological polar surface area (TPSA) is 75.4 Å². The smallest absolute Gasteiger partial charge is 0.224 e. The number of hydrogen-bond acceptors (Lipinski definition) is 3. The molecule has 1 saturated heterocycles. The van der Waals surface area contributed by atoms with Gasteiger partial charge in [0, 0.05) is 37.7 Å². The summed E-state index contributed by atoms with van der Waals surface area (Å²) in [6.45, 7) is 1.50. The second kappa shape index (κ2) is 8.49. The summed E-state index contributed by atoms with van der Waals surface area (Å²) in [5.74, 6) is 0.584. The zero-order chi connectivity index (χ0) is 16.2. The maximum Gasteiger partial charge on any atom is 0.224 e. The number of hydrogen-bond donors (Lipinski definition) is 2. The van der Waals surface area contributed by atoms with Crippen LogP contribution < -0.4 is 11.1 Å². The number of halogens is 1. The Morgan fingerprint density at radius 1 is 1.21 bits per heavy atom. The van der Waals surface area contributed by atoms with Gasteiger partial charge in [-0.2, -0.15) is 0 Å². The fraction of sp³-hybridized carbons (Fsp3) is 0.556. The van der Waals surface area contributed by atoms with Gasteiger partial charge in [0.2, 0.25) is 11.8 Å². The SMILES string of the molecule is Cl.N[C@@H]1CCC[C@H]1CC(=O)Nc1ccc(CN2CCCC2=O)cc1. The van der Waals surface area contributed by atoms with E-state index in [-0.39, 0.29) is 30.3 Å².